The zero-order valence-electron chi connectivity index (χ0n) is 13.2. The number of likely N-dealkylation sites (N-methyl/N-ethyl adjacent to an activating group) is 2. The summed E-state index contributed by atoms with van der Waals surface area (Å²) in [6.45, 7) is 6.98. The highest BCUT2D eigenvalue weighted by Crippen LogP contribution is 2.40. The summed E-state index contributed by atoms with van der Waals surface area (Å²) in [6, 6.07) is 0. The molecule has 20 heavy (non-hydrogen) atoms. The number of carbonyl (C=O) groups excluding carboxylic acids is 1. The third-order valence-electron chi connectivity index (χ3n) is 4.78. The van der Waals surface area contributed by atoms with Crippen LogP contribution in [-0.4, -0.2) is 68.1 Å². The second kappa shape index (κ2) is 6.41. The monoisotopic (exact) mass is 282 g/mol. The maximum Gasteiger partial charge on any atom is 0.239 e. The van der Waals surface area contributed by atoms with Gasteiger partial charge in [-0.15, -0.1) is 0 Å². The van der Waals surface area contributed by atoms with Crippen molar-refractivity contribution in [2.45, 2.75) is 31.7 Å². The topological polar surface area (TPSA) is 61.6 Å². The smallest absolute Gasteiger partial charge is 0.239 e. The molecule has 0 bridgehead atoms. The number of amides is 1. The van der Waals surface area contributed by atoms with Crippen molar-refractivity contribution < 1.29 is 4.79 Å². The molecule has 0 aromatic carbocycles. The first-order valence-electron chi connectivity index (χ1n) is 7.90. The van der Waals surface area contributed by atoms with E-state index in [-0.39, 0.29) is 5.91 Å². The van der Waals surface area contributed by atoms with E-state index in [1.165, 1.54) is 19.5 Å². The summed E-state index contributed by atoms with van der Waals surface area (Å²) in [5, 5.41) is 3.40. The second-order valence-electron chi connectivity index (χ2n) is 6.75. The molecule has 2 atom stereocenters. The van der Waals surface area contributed by atoms with E-state index in [0.29, 0.717) is 5.92 Å². The minimum atomic E-state index is -0.520. The lowest BCUT2D eigenvalue weighted by molar-refractivity contribution is -0.126. The first-order valence-corrected chi connectivity index (χ1v) is 7.90. The lowest BCUT2D eigenvalue weighted by atomic mass is 9.91. The molecule has 1 saturated carbocycles. The van der Waals surface area contributed by atoms with Crippen molar-refractivity contribution in [1.29, 1.82) is 0 Å². The van der Waals surface area contributed by atoms with Gasteiger partial charge in [0, 0.05) is 19.6 Å². The largest absolute Gasteiger partial charge is 0.368 e. The zero-order valence-corrected chi connectivity index (χ0v) is 13.2. The van der Waals surface area contributed by atoms with E-state index in [4.69, 9.17) is 5.73 Å². The van der Waals surface area contributed by atoms with Gasteiger partial charge >= 0.3 is 0 Å². The summed E-state index contributed by atoms with van der Waals surface area (Å²) < 4.78 is 0. The molecule has 0 spiro atoms. The van der Waals surface area contributed by atoms with Crippen LogP contribution in [0.15, 0.2) is 0 Å². The molecule has 2 aliphatic rings. The SMILES string of the molecule is CCNC(CN(C)CC1CCN(C)C1)(C(N)=O)C1CC1. The highest BCUT2D eigenvalue weighted by Gasteiger charge is 2.49. The van der Waals surface area contributed by atoms with Crippen LogP contribution < -0.4 is 11.1 Å². The van der Waals surface area contributed by atoms with Crippen LogP contribution in [0.1, 0.15) is 26.2 Å². The van der Waals surface area contributed by atoms with E-state index in [0.717, 1.165) is 38.4 Å². The van der Waals surface area contributed by atoms with E-state index < -0.39 is 5.54 Å². The summed E-state index contributed by atoms with van der Waals surface area (Å²) in [7, 11) is 4.30. The predicted molar refractivity (Wildman–Crippen MR) is 81.4 cm³/mol. The maximum absolute atomic E-state index is 12.0. The van der Waals surface area contributed by atoms with Crippen molar-refractivity contribution in [3.8, 4) is 0 Å². The zero-order chi connectivity index (χ0) is 14.8. The predicted octanol–water partition coefficient (Wildman–Crippen LogP) is 0.114. The Balaban J connectivity index is 1.94. The number of hydrogen-bond acceptors (Lipinski definition) is 4. The van der Waals surface area contributed by atoms with Gasteiger partial charge in [-0.05, 0) is 58.3 Å². The number of nitrogens with two attached hydrogens (primary N) is 1. The van der Waals surface area contributed by atoms with Crippen LogP contribution in [0.2, 0.25) is 0 Å². The van der Waals surface area contributed by atoms with Crippen molar-refractivity contribution in [2.24, 2.45) is 17.6 Å². The Bertz CT molecular complexity index is 345. The lowest BCUT2D eigenvalue weighted by Gasteiger charge is -2.36. The summed E-state index contributed by atoms with van der Waals surface area (Å²) in [5.41, 5.74) is 5.22. The Morgan fingerprint density at radius 1 is 1.45 bits per heavy atom. The van der Waals surface area contributed by atoms with Crippen molar-refractivity contribution in [3.05, 3.63) is 0 Å². The van der Waals surface area contributed by atoms with Crippen LogP contribution in [-0.2, 0) is 4.79 Å². The molecular formula is C15H30N4O. The first kappa shape index (κ1) is 15.7. The van der Waals surface area contributed by atoms with E-state index in [9.17, 15) is 4.79 Å². The molecule has 0 aromatic heterocycles. The molecule has 3 N–H and O–H groups in total. The summed E-state index contributed by atoms with van der Waals surface area (Å²) in [5.74, 6) is 0.960. The van der Waals surface area contributed by atoms with Crippen LogP contribution in [0.4, 0.5) is 0 Å². The Hall–Kier alpha value is -0.650. The third-order valence-corrected chi connectivity index (χ3v) is 4.78. The van der Waals surface area contributed by atoms with Gasteiger partial charge in [0.1, 0.15) is 5.54 Å². The lowest BCUT2D eigenvalue weighted by Crippen LogP contribution is -2.63. The summed E-state index contributed by atoms with van der Waals surface area (Å²) in [4.78, 5) is 16.7. The van der Waals surface area contributed by atoms with Crippen LogP contribution in [0.3, 0.4) is 0 Å². The summed E-state index contributed by atoms with van der Waals surface area (Å²) >= 11 is 0. The molecule has 116 valence electrons. The van der Waals surface area contributed by atoms with Crippen molar-refractivity contribution in [2.75, 3.05) is 46.8 Å². The average Bonchev–Trinajstić information content (AvgIpc) is 3.13. The van der Waals surface area contributed by atoms with Crippen LogP contribution in [0.25, 0.3) is 0 Å². The molecule has 1 aliphatic heterocycles. The molecule has 1 saturated heterocycles. The van der Waals surface area contributed by atoms with Crippen LogP contribution >= 0.6 is 0 Å². The highest BCUT2D eigenvalue weighted by molar-refractivity contribution is 5.86. The number of likely N-dealkylation sites (tertiary alicyclic amines) is 1. The molecule has 2 rings (SSSR count). The van der Waals surface area contributed by atoms with Gasteiger partial charge in [-0.25, -0.2) is 0 Å². The number of nitrogens with zero attached hydrogens (tertiary/aromatic N) is 2. The van der Waals surface area contributed by atoms with Gasteiger partial charge in [0.2, 0.25) is 5.91 Å². The molecule has 5 heteroatoms. The van der Waals surface area contributed by atoms with Gasteiger partial charge in [-0.2, -0.15) is 0 Å². The quantitative estimate of drug-likeness (QED) is 0.663. The molecule has 0 aromatic rings. The Morgan fingerprint density at radius 2 is 2.15 bits per heavy atom. The van der Waals surface area contributed by atoms with Crippen LogP contribution in [0, 0.1) is 11.8 Å². The molecule has 5 nitrogen and oxygen atoms in total. The number of rotatable bonds is 8. The normalized spacial score (nSPS) is 26.9. The molecule has 1 heterocycles. The van der Waals surface area contributed by atoms with E-state index in [2.05, 4.69) is 29.2 Å². The van der Waals surface area contributed by atoms with Crippen molar-refractivity contribution >= 4 is 5.91 Å². The van der Waals surface area contributed by atoms with E-state index in [1.54, 1.807) is 0 Å². The molecule has 1 aliphatic carbocycles. The second-order valence-corrected chi connectivity index (χ2v) is 6.75. The van der Waals surface area contributed by atoms with Gasteiger partial charge in [0.15, 0.2) is 0 Å². The number of primary amides is 1. The van der Waals surface area contributed by atoms with E-state index >= 15 is 0 Å². The van der Waals surface area contributed by atoms with E-state index in [1.807, 2.05) is 6.92 Å². The third kappa shape index (κ3) is 3.51. The van der Waals surface area contributed by atoms with Gasteiger partial charge in [-0.3, -0.25) is 4.79 Å². The number of nitrogens with one attached hydrogen (secondary N) is 1. The first-order chi connectivity index (χ1) is 9.48. The summed E-state index contributed by atoms with van der Waals surface area (Å²) in [6.07, 6.45) is 3.50. The fraction of sp³-hybridized carbons (Fsp3) is 0.933. The number of carbonyl (C=O) groups is 1. The fourth-order valence-electron chi connectivity index (χ4n) is 3.69. The molecule has 2 unspecified atom stereocenters. The van der Waals surface area contributed by atoms with Crippen molar-refractivity contribution in [3.63, 3.8) is 0 Å². The molecular weight excluding hydrogens is 252 g/mol. The van der Waals surface area contributed by atoms with Gasteiger partial charge in [-0.1, -0.05) is 6.92 Å². The number of hydrogen-bond donors (Lipinski definition) is 2. The maximum atomic E-state index is 12.0. The minimum Gasteiger partial charge on any atom is -0.368 e. The Morgan fingerprint density at radius 3 is 2.60 bits per heavy atom. The van der Waals surface area contributed by atoms with Crippen LogP contribution in [0.5, 0.6) is 0 Å². The fourth-order valence-corrected chi connectivity index (χ4v) is 3.69. The van der Waals surface area contributed by atoms with Gasteiger partial charge < -0.3 is 20.9 Å². The molecule has 2 fully saturated rings. The van der Waals surface area contributed by atoms with Crippen molar-refractivity contribution in [1.82, 2.24) is 15.1 Å². The highest BCUT2D eigenvalue weighted by atomic mass is 16.1. The average molecular weight is 282 g/mol. The standard InChI is InChI=1S/C15H30N4O/c1-4-17-15(14(16)20,13-5-6-13)11-19(3)10-12-7-8-18(2)9-12/h12-13,17H,4-11H2,1-3H3,(H2,16,20). The minimum absolute atomic E-state index is 0.183. The molecule has 1 amide bonds. The molecule has 0 radical (unpaired) electrons. The van der Waals surface area contributed by atoms with Gasteiger partial charge in [0.25, 0.3) is 0 Å². The Kier molecular flexibility index (Phi) is 5.04. The van der Waals surface area contributed by atoms with Gasteiger partial charge in [0.05, 0.1) is 0 Å². The Labute approximate surface area is 122 Å².